The molecule has 0 aliphatic heterocycles. The topological polar surface area (TPSA) is 79.0 Å². The van der Waals surface area contributed by atoms with Gasteiger partial charge in [-0.2, -0.15) is 0 Å². The fourth-order valence-electron chi connectivity index (χ4n) is 2.12. The van der Waals surface area contributed by atoms with Gasteiger partial charge in [0.25, 0.3) is 0 Å². The summed E-state index contributed by atoms with van der Waals surface area (Å²) in [5.41, 5.74) is 7.68. The van der Waals surface area contributed by atoms with Gasteiger partial charge >= 0.3 is 5.76 Å². The molecule has 6 heteroatoms. The number of fused-ring (bicyclic) bond motifs is 1. The van der Waals surface area contributed by atoms with Gasteiger partial charge in [0.05, 0.1) is 11.8 Å². The first-order valence-electron chi connectivity index (χ1n) is 6.08. The Bertz CT molecular complexity index is 740. The average molecular weight is 258 g/mol. The first-order chi connectivity index (χ1) is 9.24. The maximum absolute atomic E-state index is 11.8. The molecule has 0 radical (unpaired) electrons. The number of nitrogens with zero attached hydrogens (tertiary/aromatic N) is 3. The number of hydrogen-bond donors (Lipinski definition) is 1. The number of nitrogen functional groups attached to an aromatic ring is 1. The van der Waals surface area contributed by atoms with Gasteiger partial charge in [0.2, 0.25) is 0 Å². The molecule has 0 amide bonds. The zero-order valence-corrected chi connectivity index (χ0v) is 10.3. The quantitative estimate of drug-likeness (QED) is 0.718. The lowest BCUT2D eigenvalue weighted by molar-refractivity contribution is 0.483. The molecule has 19 heavy (non-hydrogen) atoms. The molecule has 0 atom stereocenters. The van der Waals surface area contributed by atoms with E-state index in [4.69, 9.17) is 10.2 Å². The van der Waals surface area contributed by atoms with Crippen LogP contribution in [0.2, 0.25) is 0 Å². The maximum Gasteiger partial charge on any atom is 0.419 e. The molecule has 3 aromatic rings. The molecule has 98 valence electrons. The Labute approximate surface area is 109 Å². The fourth-order valence-corrected chi connectivity index (χ4v) is 2.12. The number of rotatable bonds is 4. The van der Waals surface area contributed by atoms with Crippen molar-refractivity contribution in [2.24, 2.45) is 0 Å². The van der Waals surface area contributed by atoms with Crippen molar-refractivity contribution < 1.29 is 4.42 Å². The Morgan fingerprint density at radius 3 is 3.00 bits per heavy atom. The van der Waals surface area contributed by atoms with Crippen molar-refractivity contribution in [3.8, 4) is 0 Å². The van der Waals surface area contributed by atoms with Crippen molar-refractivity contribution in [3.05, 3.63) is 47.5 Å². The van der Waals surface area contributed by atoms with E-state index in [1.54, 1.807) is 35.3 Å². The number of benzene rings is 1. The summed E-state index contributed by atoms with van der Waals surface area (Å²) >= 11 is 0. The largest absolute Gasteiger partial charge is 0.419 e. The van der Waals surface area contributed by atoms with E-state index >= 15 is 0 Å². The second-order valence-corrected chi connectivity index (χ2v) is 4.40. The molecular weight excluding hydrogens is 244 g/mol. The number of hydrogen-bond acceptors (Lipinski definition) is 4. The highest BCUT2D eigenvalue weighted by Crippen LogP contribution is 2.16. The van der Waals surface area contributed by atoms with Crippen molar-refractivity contribution in [2.75, 3.05) is 5.73 Å². The van der Waals surface area contributed by atoms with Gasteiger partial charge in [-0.05, 0) is 24.6 Å². The Kier molecular flexibility index (Phi) is 2.83. The van der Waals surface area contributed by atoms with Crippen molar-refractivity contribution in [1.29, 1.82) is 0 Å². The van der Waals surface area contributed by atoms with Crippen LogP contribution in [-0.2, 0) is 13.1 Å². The van der Waals surface area contributed by atoms with Gasteiger partial charge in [-0.15, -0.1) is 0 Å². The third kappa shape index (κ3) is 2.24. The van der Waals surface area contributed by atoms with Crippen LogP contribution in [-0.4, -0.2) is 14.1 Å². The molecule has 0 unspecified atom stereocenters. The summed E-state index contributed by atoms with van der Waals surface area (Å²) in [6.45, 7) is 1.40. The lowest BCUT2D eigenvalue weighted by Crippen LogP contribution is -2.15. The van der Waals surface area contributed by atoms with Gasteiger partial charge in [0, 0.05) is 31.2 Å². The predicted molar refractivity (Wildman–Crippen MR) is 71.7 cm³/mol. The predicted octanol–water partition coefficient (Wildman–Crippen LogP) is 1.46. The molecule has 1 aromatic carbocycles. The van der Waals surface area contributed by atoms with E-state index in [2.05, 4.69) is 4.98 Å². The smallest absolute Gasteiger partial charge is 0.408 e. The minimum absolute atomic E-state index is 0.341. The molecule has 0 spiro atoms. The summed E-state index contributed by atoms with van der Waals surface area (Å²) in [5, 5.41) is 0. The summed E-state index contributed by atoms with van der Waals surface area (Å²) in [5.74, 6) is -0.341. The lowest BCUT2D eigenvalue weighted by Gasteiger charge is -2.03. The van der Waals surface area contributed by atoms with Crippen molar-refractivity contribution in [2.45, 2.75) is 19.5 Å². The zero-order chi connectivity index (χ0) is 13.2. The standard InChI is InChI=1S/C13H14N4O2/c14-10-2-3-12-11(8-10)17(13(18)19-12)6-1-5-16-7-4-15-9-16/h2-4,7-9H,1,5-6,14H2. The third-order valence-electron chi connectivity index (χ3n) is 3.05. The van der Waals surface area contributed by atoms with Gasteiger partial charge in [-0.25, -0.2) is 9.78 Å². The van der Waals surface area contributed by atoms with Crippen molar-refractivity contribution in [1.82, 2.24) is 14.1 Å². The van der Waals surface area contributed by atoms with E-state index in [9.17, 15) is 4.79 Å². The Morgan fingerprint density at radius 1 is 1.32 bits per heavy atom. The van der Waals surface area contributed by atoms with Gasteiger partial charge in [0.1, 0.15) is 0 Å². The molecule has 0 aliphatic rings. The van der Waals surface area contributed by atoms with Crippen LogP contribution in [0.25, 0.3) is 11.1 Å². The van der Waals surface area contributed by atoms with Crippen LogP contribution in [0.3, 0.4) is 0 Å². The normalized spacial score (nSPS) is 11.2. The fraction of sp³-hybridized carbons (Fsp3) is 0.231. The summed E-state index contributed by atoms with van der Waals surface area (Å²) < 4.78 is 8.76. The van der Waals surface area contributed by atoms with Crippen LogP contribution in [0.4, 0.5) is 5.69 Å². The van der Waals surface area contributed by atoms with Crippen LogP contribution < -0.4 is 11.5 Å². The number of oxazole rings is 1. The Balaban J connectivity index is 1.82. The number of aromatic nitrogens is 3. The van der Waals surface area contributed by atoms with E-state index in [1.807, 2.05) is 10.8 Å². The van der Waals surface area contributed by atoms with Crippen LogP contribution in [0.5, 0.6) is 0 Å². The number of aryl methyl sites for hydroxylation is 2. The highest BCUT2D eigenvalue weighted by Gasteiger charge is 2.08. The zero-order valence-electron chi connectivity index (χ0n) is 10.3. The molecule has 0 aliphatic carbocycles. The maximum atomic E-state index is 11.8. The average Bonchev–Trinajstić information content (AvgIpc) is 2.99. The Hall–Kier alpha value is -2.50. The van der Waals surface area contributed by atoms with E-state index < -0.39 is 0 Å². The highest BCUT2D eigenvalue weighted by molar-refractivity contribution is 5.76. The molecule has 6 nitrogen and oxygen atoms in total. The molecule has 3 rings (SSSR count). The van der Waals surface area contributed by atoms with Gasteiger partial charge < -0.3 is 14.7 Å². The third-order valence-corrected chi connectivity index (χ3v) is 3.05. The number of imidazole rings is 1. The van der Waals surface area contributed by atoms with Crippen LogP contribution in [0.15, 0.2) is 46.1 Å². The van der Waals surface area contributed by atoms with Crippen LogP contribution in [0, 0.1) is 0 Å². The van der Waals surface area contributed by atoms with Gasteiger partial charge in [-0.3, -0.25) is 4.57 Å². The minimum Gasteiger partial charge on any atom is -0.408 e. The van der Waals surface area contributed by atoms with Crippen LogP contribution in [0.1, 0.15) is 6.42 Å². The summed E-state index contributed by atoms with van der Waals surface area (Å²) in [6, 6.07) is 5.21. The second-order valence-electron chi connectivity index (χ2n) is 4.40. The van der Waals surface area contributed by atoms with E-state index in [0.717, 1.165) is 18.5 Å². The Morgan fingerprint density at radius 2 is 2.21 bits per heavy atom. The molecule has 2 aromatic heterocycles. The molecule has 2 heterocycles. The first-order valence-corrected chi connectivity index (χ1v) is 6.08. The summed E-state index contributed by atoms with van der Waals surface area (Å²) in [7, 11) is 0. The van der Waals surface area contributed by atoms with E-state index in [-0.39, 0.29) is 5.76 Å². The second kappa shape index (κ2) is 4.64. The monoisotopic (exact) mass is 258 g/mol. The SMILES string of the molecule is Nc1ccc2oc(=O)n(CCCn3ccnc3)c2c1. The summed E-state index contributed by atoms with van der Waals surface area (Å²) in [6.07, 6.45) is 6.21. The minimum atomic E-state index is -0.341. The van der Waals surface area contributed by atoms with E-state index in [0.29, 0.717) is 17.8 Å². The van der Waals surface area contributed by atoms with E-state index in [1.165, 1.54) is 0 Å². The number of anilines is 1. The van der Waals surface area contributed by atoms with Crippen molar-refractivity contribution in [3.63, 3.8) is 0 Å². The molecule has 0 fully saturated rings. The molecular formula is C13H14N4O2. The lowest BCUT2D eigenvalue weighted by atomic mass is 10.3. The van der Waals surface area contributed by atoms with Gasteiger partial charge in [-0.1, -0.05) is 0 Å². The highest BCUT2D eigenvalue weighted by atomic mass is 16.4. The number of nitrogens with two attached hydrogens (primary N) is 1. The van der Waals surface area contributed by atoms with Crippen molar-refractivity contribution >= 4 is 16.8 Å². The first kappa shape index (κ1) is 11.6. The van der Waals surface area contributed by atoms with Gasteiger partial charge in [0.15, 0.2) is 5.58 Å². The molecule has 0 saturated heterocycles. The molecule has 0 saturated carbocycles. The molecule has 2 N–H and O–H groups in total. The molecule has 0 bridgehead atoms. The summed E-state index contributed by atoms with van der Waals surface area (Å²) in [4.78, 5) is 15.8. The van der Waals surface area contributed by atoms with Crippen LogP contribution >= 0.6 is 0 Å².